The van der Waals surface area contributed by atoms with E-state index in [1.165, 1.54) is 6.07 Å². The summed E-state index contributed by atoms with van der Waals surface area (Å²) in [4.78, 5) is 0. The van der Waals surface area contributed by atoms with Gasteiger partial charge in [0, 0.05) is 9.50 Å². The topological polar surface area (TPSA) is 38.0 Å². The predicted molar refractivity (Wildman–Crippen MR) is 84.3 cm³/mol. The standard InChI is InChI=1S/C14H12BrCl2FN2/c15-10-3-1-8(11(16)7-10)6-14(20-19)9-2-4-13(18)12(17)5-9/h1-5,7,14,20H,6,19H2. The van der Waals surface area contributed by atoms with Crippen LogP contribution in [0.15, 0.2) is 40.9 Å². The van der Waals surface area contributed by atoms with Crippen molar-refractivity contribution in [1.29, 1.82) is 0 Å². The van der Waals surface area contributed by atoms with Crippen LogP contribution in [0.25, 0.3) is 0 Å². The fourth-order valence-electron chi connectivity index (χ4n) is 1.91. The number of hydrogen-bond donors (Lipinski definition) is 2. The zero-order chi connectivity index (χ0) is 14.7. The second kappa shape index (κ2) is 6.87. The summed E-state index contributed by atoms with van der Waals surface area (Å²) in [7, 11) is 0. The molecule has 20 heavy (non-hydrogen) atoms. The Morgan fingerprint density at radius 2 is 1.90 bits per heavy atom. The maximum atomic E-state index is 13.2. The Kier molecular flexibility index (Phi) is 5.41. The molecule has 2 nitrogen and oxygen atoms in total. The molecule has 6 heteroatoms. The molecule has 3 N–H and O–H groups in total. The Balaban J connectivity index is 2.26. The van der Waals surface area contributed by atoms with Crippen molar-refractivity contribution in [1.82, 2.24) is 5.43 Å². The highest BCUT2D eigenvalue weighted by Gasteiger charge is 2.14. The molecular formula is C14H12BrCl2FN2. The zero-order valence-corrected chi connectivity index (χ0v) is 13.4. The normalized spacial score (nSPS) is 12.4. The molecule has 0 aromatic heterocycles. The van der Waals surface area contributed by atoms with E-state index in [1.807, 2.05) is 18.2 Å². The number of halogens is 4. The van der Waals surface area contributed by atoms with E-state index < -0.39 is 5.82 Å². The molecule has 0 fully saturated rings. The summed E-state index contributed by atoms with van der Waals surface area (Å²) < 4.78 is 14.1. The van der Waals surface area contributed by atoms with Crippen molar-refractivity contribution < 1.29 is 4.39 Å². The van der Waals surface area contributed by atoms with Gasteiger partial charge in [-0.25, -0.2) is 4.39 Å². The Morgan fingerprint density at radius 3 is 2.50 bits per heavy atom. The van der Waals surface area contributed by atoms with Gasteiger partial charge >= 0.3 is 0 Å². The number of rotatable bonds is 4. The SMILES string of the molecule is NNC(Cc1ccc(Br)cc1Cl)c1ccc(F)c(Cl)c1. The molecule has 0 aliphatic heterocycles. The number of hydrazine groups is 1. The van der Waals surface area contributed by atoms with Gasteiger partial charge in [0.25, 0.3) is 0 Å². The minimum absolute atomic E-state index is 0.0738. The molecule has 0 spiro atoms. The molecule has 2 aromatic carbocycles. The van der Waals surface area contributed by atoms with Crippen molar-refractivity contribution >= 4 is 39.1 Å². The van der Waals surface area contributed by atoms with Gasteiger partial charge in [-0.15, -0.1) is 0 Å². The highest BCUT2D eigenvalue weighted by Crippen LogP contribution is 2.27. The van der Waals surface area contributed by atoms with E-state index in [2.05, 4.69) is 21.4 Å². The minimum Gasteiger partial charge on any atom is -0.271 e. The van der Waals surface area contributed by atoms with Crippen LogP contribution in [0.3, 0.4) is 0 Å². The van der Waals surface area contributed by atoms with Crippen LogP contribution in [0.2, 0.25) is 10.0 Å². The van der Waals surface area contributed by atoms with Crippen molar-refractivity contribution in [3.05, 3.63) is 67.9 Å². The van der Waals surface area contributed by atoms with Crippen molar-refractivity contribution in [2.45, 2.75) is 12.5 Å². The summed E-state index contributed by atoms with van der Waals surface area (Å²) >= 11 is 15.3. The molecule has 106 valence electrons. The Labute approximate surface area is 135 Å². The minimum atomic E-state index is -0.451. The van der Waals surface area contributed by atoms with Crippen LogP contribution in [-0.2, 0) is 6.42 Å². The first-order valence-corrected chi connectivity index (χ1v) is 7.41. The third-order valence-corrected chi connectivity index (χ3v) is 4.12. The molecule has 2 rings (SSSR count). The van der Waals surface area contributed by atoms with Crippen LogP contribution in [0.5, 0.6) is 0 Å². The van der Waals surface area contributed by atoms with Gasteiger partial charge in [-0.1, -0.05) is 51.3 Å². The zero-order valence-electron chi connectivity index (χ0n) is 10.3. The molecule has 0 heterocycles. The highest BCUT2D eigenvalue weighted by molar-refractivity contribution is 9.10. The van der Waals surface area contributed by atoms with Gasteiger partial charge in [0.1, 0.15) is 5.82 Å². The molecule has 0 aliphatic carbocycles. The van der Waals surface area contributed by atoms with E-state index in [9.17, 15) is 4.39 Å². The van der Waals surface area contributed by atoms with Gasteiger partial charge in [-0.3, -0.25) is 11.3 Å². The fourth-order valence-corrected chi connectivity index (χ4v) is 2.85. The number of benzene rings is 2. The summed E-state index contributed by atoms with van der Waals surface area (Å²) in [6, 6.07) is 9.99. The van der Waals surface area contributed by atoms with Crippen molar-refractivity contribution in [2.75, 3.05) is 0 Å². The van der Waals surface area contributed by atoms with E-state index in [4.69, 9.17) is 29.0 Å². The van der Waals surface area contributed by atoms with Crippen molar-refractivity contribution in [3.8, 4) is 0 Å². The van der Waals surface area contributed by atoms with Crippen LogP contribution in [0.1, 0.15) is 17.2 Å². The van der Waals surface area contributed by atoms with Crippen molar-refractivity contribution in [3.63, 3.8) is 0 Å². The largest absolute Gasteiger partial charge is 0.271 e. The van der Waals surface area contributed by atoms with Crippen LogP contribution >= 0.6 is 39.1 Å². The van der Waals surface area contributed by atoms with Gasteiger partial charge in [0.05, 0.1) is 11.1 Å². The summed E-state index contributed by atoms with van der Waals surface area (Å²) in [6.07, 6.45) is 0.574. The lowest BCUT2D eigenvalue weighted by molar-refractivity contribution is 0.549. The van der Waals surface area contributed by atoms with Gasteiger partial charge in [0.15, 0.2) is 0 Å². The Bertz CT molecular complexity index is 622. The summed E-state index contributed by atoms with van der Waals surface area (Å²) in [5, 5.41) is 0.720. The van der Waals surface area contributed by atoms with Gasteiger partial charge in [-0.2, -0.15) is 0 Å². The molecule has 0 radical (unpaired) electrons. The van der Waals surface area contributed by atoms with E-state index in [-0.39, 0.29) is 11.1 Å². The molecule has 0 amide bonds. The second-order valence-electron chi connectivity index (χ2n) is 4.33. The lowest BCUT2D eigenvalue weighted by Gasteiger charge is -2.17. The van der Waals surface area contributed by atoms with Crippen molar-refractivity contribution in [2.24, 2.45) is 5.84 Å². The summed E-state index contributed by atoms with van der Waals surface area (Å²) in [6.45, 7) is 0. The van der Waals surface area contributed by atoms with E-state index >= 15 is 0 Å². The van der Waals surface area contributed by atoms with Gasteiger partial charge in [-0.05, 0) is 41.8 Å². The quantitative estimate of drug-likeness (QED) is 0.601. The van der Waals surface area contributed by atoms with Crippen LogP contribution in [0.4, 0.5) is 4.39 Å². The molecule has 2 aromatic rings. The van der Waals surface area contributed by atoms with Crippen LogP contribution in [-0.4, -0.2) is 0 Å². The predicted octanol–water partition coefficient (Wildman–Crippen LogP) is 4.64. The van der Waals surface area contributed by atoms with Crippen LogP contribution in [0, 0.1) is 5.82 Å². The third kappa shape index (κ3) is 3.71. The highest BCUT2D eigenvalue weighted by atomic mass is 79.9. The molecule has 0 bridgehead atoms. The number of nitrogens with one attached hydrogen (secondary N) is 1. The number of hydrogen-bond acceptors (Lipinski definition) is 2. The molecule has 1 unspecified atom stereocenters. The molecule has 1 atom stereocenters. The maximum Gasteiger partial charge on any atom is 0.141 e. The Hall–Kier alpha value is -0.650. The first-order valence-electron chi connectivity index (χ1n) is 5.86. The Morgan fingerprint density at radius 1 is 1.15 bits per heavy atom. The molecule has 0 saturated carbocycles. The average molecular weight is 378 g/mol. The first-order chi connectivity index (χ1) is 9.51. The third-order valence-electron chi connectivity index (χ3n) is 2.99. The maximum absolute atomic E-state index is 13.2. The number of nitrogens with two attached hydrogens (primary N) is 1. The lowest BCUT2D eigenvalue weighted by atomic mass is 9.99. The van der Waals surface area contributed by atoms with E-state index in [0.29, 0.717) is 11.4 Å². The average Bonchev–Trinajstić information content (AvgIpc) is 2.41. The van der Waals surface area contributed by atoms with Crippen LogP contribution < -0.4 is 11.3 Å². The molecular weight excluding hydrogens is 366 g/mol. The van der Waals surface area contributed by atoms with Gasteiger partial charge in [0.2, 0.25) is 0 Å². The smallest absolute Gasteiger partial charge is 0.141 e. The van der Waals surface area contributed by atoms with E-state index in [1.54, 1.807) is 12.1 Å². The molecule has 0 aliphatic rings. The monoisotopic (exact) mass is 376 g/mol. The fraction of sp³-hybridized carbons (Fsp3) is 0.143. The lowest BCUT2D eigenvalue weighted by Crippen LogP contribution is -2.29. The second-order valence-corrected chi connectivity index (χ2v) is 6.06. The molecule has 0 saturated heterocycles. The summed E-state index contributed by atoms with van der Waals surface area (Å²) in [5.74, 6) is 5.13. The van der Waals surface area contributed by atoms with E-state index in [0.717, 1.165) is 15.6 Å². The van der Waals surface area contributed by atoms with Gasteiger partial charge < -0.3 is 0 Å². The first kappa shape index (κ1) is 15.7. The summed E-state index contributed by atoms with van der Waals surface area (Å²) in [5.41, 5.74) is 4.45.